The van der Waals surface area contributed by atoms with Gasteiger partial charge in [-0.2, -0.15) is 9.78 Å². The van der Waals surface area contributed by atoms with Gasteiger partial charge in [-0.3, -0.25) is 9.59 Å². The van der Waals surface area contributed by atoms with Gasteiger partial charge in [-0.25, -0.2) is 9.18 Å². The zero-order valence-electron chi connectivity index (χ0n) is 14.5. The van der Waals surface area contributed by atoms with E-state index in [-0.39, 0.29) is 34.7 Å². The molecule has 1 aliphatic heterocycles. The lowest BCUT2D eigenvalue weighted by atomic mass is 10.1. The zero-order valence-corrected chi connectivity index (χ0v) is 16.1. The third-order valence-electron chi connectivity index (χ3n) is 4.28. The van der Waals surface area contributed by atoms with E-state index < -0.39 is 29.5 Å². The quantitative estimate of drug-likeness (QED) is 0.723. The third kappa shape index (κ3) is 4.14. The van der Waals surface area contributed by atoms with Crippen LogP contribution in [-0.2, 0) is 0 Å². The van der Waals surface area contributed by atoms with Crippen LogP contribution < -0.4 is 16.0 Å². The number of carbonyl (C=O) groups is 2. The van der Waals surface area contributed by atoms with Crippen LogP contribution in [0.25, 0.3) is 5.69 Å². The molecule has 1 aromatic heterocycles. The Hall–Kier alpha value is -2.95. The van der Waals surface area contributed by atoms with Crippen molar-refractivity contribution in [3.8, 4) is 11.4 Å². The Labute approximate surface area is 166 Å². The molecule has 3 N–H and O–H groups in total. The number of nitrogens with zero attached hydrogens (tertiary/aromatic N) is 3. The van der Waals surface area contributed by atoms with Crippen LogP contribution in [0.4, 0.5) is 9.18 Å². The Kier molecular flexibility index (Phi) is 5.63. The number of amides is 2. The second-order valence-corrected chi connectivity index (χ2v) is 7.01. The number of carboxylic acid groups (broad SMARTS) is 1. The summed E-state index contributed by atoms with van der Waals surface area (Å²) in [4.78, 5) is 36.5. The molecule has 11 heteroatoms. The number of aromatic nitrogens is 2. The second kappa shape index (κ2) is 7.97. The molecule has 0 atom stereocenters. The lowest BCUT2D eigenvalue weighted by Gasteiger charge is -2.30. The van der Waals surface area contributed by atoms with Gasteiger partial charge in [-0.15, -0.1) is 0 Å². The molecule has 0 saturated carbocycles. The van der Waals surface area contributed by atoms with E-state index in [1.54, 1.807) is 0 Å². The molecule has 0 aliphatic carbocycles. The predicted molar refractivity (Wildman–Crippen MR) is 99.3 cm³/mol. The number of nitrogens with two attached hydrogens (primary N) is 1. The minimum absolute atomic E-state index is 0.0832. The van der Waals surface area contributed by atoms with Gasteiger partial charge in [-0.05, 0) is 28.1 Å². The van der Waals surface area contributed by atoms with Gasteiger partial charge in [0, 0.05) is 32.0 Å². The highest BCUT2D eigenvalue weighted by Gasteiger charge is 2.26. The Bertz CT molecular complexity index is 988. The van der Waals surface area contributed by atoms with E-state index in [0.29, 0.717) is 12.8 Å². The first-order valence-electron chi connectivity index (χ1n) is 8.30. The normalized spacial score (nSPS) is 14.7. The van der Waals surface area contributed by atoms with Crippen molar-refractivity contribution in [1.29, 1.82) is 0 Å². The summed E-state index contributed by atoms with van der Waals surface area (Å²) in [6, 6.07) is 5.01. The number of benzene rings is 1. The molecule has 1 aliphatic rings. The Morgan fingerprint density at radius 1 is 1.29 bits per heavy atom. The smallest absolute Gasteiger partial charge is 0.407 e. The van der Waals surface area contributed by atoms with Gasteiger partial charge in [0.15, 0.2) is 11.4 Å². The monoisotopic (exact) mass is 454 g/mol. The second-order valence-electron chi connectivity index (χ2n) is 6.16. The number of likely N-dealkylation sites (tertiary alicyclic amines) is 1. The lowest BCUT2D eigenvalue weighted by molar-refractivity contribution is 0.0867. The van der Waals surface area contributed by atoms with Crippen LogP contribution in [0.2, 0.25) is 0 Å². The fourth-order valence-electron chi connectivity index (χ4n) is 2.85. The van der Waals surface area contributed by atoms with Crippen LogP contribution in [0.1, 0.15) is 23.3 Å². The Morgan fingerprint density at radius 3 is 2.54 bits per heavy atom. The highest BCUT2D eigenvalue weighted by atomic mass is 79.9. The molecule has 0 spiro atoms. The largest absolute Gasteiger partial charge is 0.488 e. The van der Waals surface area contributed by atoms with Gasteiger partial charge in [-0.1, -0.05) is 0 Å². The Morgan fingerprint density at radius 2 is 1.96 bits per heavy atom. The van der Waals surface area contributed by atoms with Crippen molar-refractivity contribution in [3.05, 3.63) is 50.6 Å². The van der Waals surface area contributed by atoms with Gasteiger partial charge in [0.2, 0.25) is 0 Å². The number of carbonyl (C=O) groups excluding carboxylic acids is 1. The molecule has 2 amide bonds. The average Bonchev–Trinajstić information content (AvgIpc) is 2.64. The summed E-state index contributed by atoms with van der Waals surface area (Å²) in [5, 5.41) is 12.9. The maximum atomic E-state index is 13.8. The highest BCUT2D eigenvalue weighted by molar-refractivity contribution is 9.10. The first-order valence-corrected chi connectivity index (χ1v) is 9.09. The minimum atomic E-state index is -1.01. The first kappa shape index (κ1) is 19.8. The van der Waals surface area contributed by atoms with Crippen molar-refractivity contribution in [2.24, 2.45) is 5.73 Å². The summed E-state index contributed by atoms with van der Waals surface area (Å²) in [7, 11) is 0. The fraction of sp³-hybridized carbons (Fsp3) is 0.294. The summed E-state index contributed by atoms with van der Waals surface area (Å²) in [5.41, 5.74) is 4.58. The number of halogens is 2. The van der Waals surface area contributed by atoms with Gasteiger partial charge in [0.1, 0.15) is 11.9 Å². The summed E-state index contributed by atoms with van der Waals surface area (Å²) < 4.78 is 20.6. The van der Waals surface area contributed by atoms with Gasteiger partial charge < -0.3 is 20.5 Å². The number of hydrogen-bond donors (Lipinski definition) is 2. The average molecular weight is 455 g/mol. The molecule has 2 aromatic rings. The highest BCUT2D eigenvalue weighted by Crippen LogP contribution is 2.22. The maximum absolute atomic E-state index is 13.8. The molecule has 1 fully saturated rings. The van der Waals surface area contributed by atoms with E-state index in [1.807, 2.05) is 0 Å². The summed E-state index contributed by atoms with van der Waals surface area (Å²) >= 11 is 3.02. The molecule has 2 heterocycles. The molecule has 0 bridgehead atoms. The molecular weight excluding hydrogens is 439 g/mol. The SMILES string of the molecule is NC(=O)c1nn(-c2ccc(Br)c(F)c2)c(=O)cc1OC1CCN(C(=O)O)CC1. The summed E-state index contributed by atoms with van der Waals surface area (Å²) in [6.07, 6.45) is -0.616. The third-order valence-corrected chi connectivity index (χ3v) is 4.93. The van der Waals surface area contributed by atoms with Gasteiger partial charge in [0.05, 0.1) is 16.2 Å². The van der Waals surface area contributed by atoms with Crippen LogP contribution in [0.5, 0.6) is 5.75 Å². The number of ether oxygens (including phenoxy) is 1. The lowest BCUT2D eigenvalue weighted by Crippen LogP contribution is -2.41. The molecule has 28 heavy (non-hydrogen) atoms. The maximum Gasteiger partial charge on any atom is 0.407 e. The van der Waals surface area contributed by atoms with Gasteiger partial charge >= 0.3 is 6.09 Å². The van der Waals surface area contributed by atoms with E-state index in [9.17, 15) is 18.8 Å². The molecule has 1 saturated heterocycles. The molecule has 3 rings (SSSR count). The van der Waals surface area contributed by atoms with Gasteiger partial charge in [0.25, 0.3) is 11.5 Å². The van der Waals surface area contributed by atoms with E-state index in [1.165, 1.54) is 17.0 Å². The number of piperidine rings is 1. The first-order chi connectivity index (χ1) is 13.3. The fourth-order valence-corrected chi connectivity index (χ4v) is 3.09. The van der Waals surface area contributed by atoms with Crippen molar-refractivity contribution in [3.63, 3.8) is 0 Å². The van der Waals surface area contributed by atoms with Crippen molar-refractivity contribution in [1.82, 2.24) is 14.7 Å². The van der Waals surface area contributed by atoms with Crippen LogP contribution >= 0.6 is 15.9 Å². The van der Waals surface area contributed by atoms with E-state index in [4.69, 9.17) is 15.6 Å². The van der Waals surface area contributed by atoms with Crippen LogP contribution in [0.3, 0.4) is 0 Å². The molecular formula is C17H16BrFN4O5. The number of hydrogen-bond acceptors (Lipinski definition) is 5. The van der Waals surface area contributed by atoms with E-state index in [0.717, 1.165) is 16.8 Å². The standard InChI is InChI=1S/C17H16BrFN4O5/c18-11-2-1-9(7-12(11)19)23-14(24)8-13(15(21-23)16(20)25)28-10-3-5-22(6-4-10)17(26)27/h1-2,7-8,10H,3-6H2,(H2,20,25)(H,26,27). The molecule has 9 nitrogen and oxygen atoms in total. The molecule has 0 radical (unpaired) electrons. The van der Waals surface area contributed by atoms with Crippen molar-refractivity contribution < 1.29 is 23.8 Å². The van der Waals surface area contributed by atoms with E-state index >= 15 is 0 Å². The zero-order chi connectivity index (χ0) is 20.4. The van der Waals surface area contributed by atoms with E-state index in [2.05, 4.69) is 21.0 Å². The summed E-state index contributed by atoms with van der Waals surface area (Å²) in [6.45, 7) is 0.545. The molecule has 0 unspecified atom stereocenters. The molecule has 148 valence electrons. The van der Waals surface area contributed by atoms with Crippen molar-refractivity contribution in [2.45, 2.75) is 18.9 Å². The number of rotatable bonds is 4. The van der Waals surface area contributed by atoms with Crippen LogP contribution in [0, 0.1) is 5.82 Å². The van der Waals surface area contributed by atoms with Crippen LogP contribution in [-0.4, -0.2) is 51.0 Å². The van der Waals surface area contributed by atoms with Crippen molar-refractivity contribution in [2.75, 3.05) is 13.1 Å². The topological polar surface area (TPSA) is 128 Å². The summed E-state index contributed by atoms with van der Waals surface area (Å²) in [5.74, 6) is -1.60. The van der Waals surface area contributed by atoms with Crippen LogP contribution in [0.15, 0.2) is 33.5 Å². The predicted octanol–water partition coefficient (Wildman–Crippen LogP) is 1.75. The number of primary amides is 1. The van der Waals surface area contributed by atoms with Crippen molar-refractivity contribution >= 4 is 27.9 Å². The Balaban J connectivity index is 1.90. The molecule has 1 aromatic carbocycles. The minimum Gasteiger partial charge on any atom is -0.488 e.